The van der Waals surface area contributed by atoms with Crippen LogP contribution in [0.4, 0.5) is 0 Å². The number of halogens is 2. The molecule has 1 amide bonds. The zero-order valence-electron chi connectivity index (χ0n) is 15.6. The van der Waals surface area contributed by atoms with Crippen molar-refractivity contribution in [3.05, 3.63) is 21.9 Å². The third-order valence-corrected chi connectivity index (χ3v) is 6.24. The van der Waals surface area contributed by atoms with Gasteiger partial charge in [0.1, 0.15) is 0 Å². The number of carbonyl (C=O) groups excluding carboxylic acids is 1. The molecule has 0 unspecified atom stereocenters. The highest BCUT2D eigenvalue weighted by molar-refractivity contribution is 7.11. The predicted octanol–water partition coefficient (Wildman–Crippen LogP) is 2.09. The average molecular weight is 423 g/mol. The Labute approximate surface area is 173 Å². The minimum atomic E-state index is 0. The van der Waals surface area contributed by atoms with Gasteiger partial charge in [-0.05, 0) is 18.6 Å². The molecule has 0 aliphatic carbocycles. The normalized spacial score (nSPS) is 18.9. The van der Waals surface area contributed by atoms with Gasteiger partial charge in [-0.3, -0.25) is 9.69 Å². The van der Waals surface area contributed by atoms with Gasteiger partial charge in [0.15, 0.2) is 0 Å². The molecule has 1 aromatic heterocycles. The van der Waals surface area contributed by atoms with Crippen LogP contribution in [0.3, 0.4) is 0 Å². The number of hydrogen-bond donors (Lipinski definition) is 1. The molecule has 0 aromatic carbocycles. The summed E-state index contributed by atoms with van der Waals surface area (Å²) in [6.45, 7) is 12.2. The van der Waals surface area contributed by atoms with E-state index in [1.807, 2.05) is 16.2 Å². The van der Waals surface area contributed by atoms with E-state index in [-0.39, 0.29) is 24.8 Å². The summed E-state index contributed by atoms with van der Waals surface area (Å²) in [6, 6.07) is 4.54. The molecule has 1 N–H and O–H groups in total. The molecule has 0 atom stereocenters. The lowest BCUT2D eigenvalue weighted by Crippen LogP contribution is -2.49. The molecule has 0 saturated carbocycles. The molecule has 0 bridgehead atoms. The Morgan fingerprint density at radius 1 is 1.00 bits per heavy atom. The van der Waals surface area contributed by atoms with Gasteiger partial charge in [0.2, 0.25) is 5.91 Å². The first-order chi connectivity index (χ1) is 11.7. The fourth-order valence-electron chi connectivity index (χ4n) is 3.41. The Kier molecular flexibility index (Phi) is 11.1. The number of thiophene rings is 1. The molecule has 2 aliphatic rings. The fraction of sp³-hybridized carbons (Fsp3) is 0.722. The van der Waals surface area contributed by atoms with Crippen LogP contribution in [0.25, 0.3) is 0 Å². The fourth-order valence-corrected chi connectivity index (χ4v) is 4.42. The molecule has 3 rings (SSSR count). The van der Waals surface area contributed by atoms with Crippen LogP contribution in [0.2, 0.25) is 0 Å². The summed E-state index contributed by atoms with van der Waals surface area (Å²) < 4.78 is 0. The molecular formula is C18H32Cl2N4OS. The predicted molar refractivity (Wildman–Crippen MR) is 114 cm³/mol. The lowest BCUT2D eigenvalue weighted by Gasteiger charge is -2.35. The number of rotatable bonds is 6. The molecule has 2 aliphatic heterocycles. The van der Waals surface area contributed by atoms with Crippen molar-refractivity contribution in [3.63, 3.8) is 0 Å². The van der Waals surface area contributed by atoms with Gasteiger partial charge in [-0.25, -0.2) is 0 Å². The highest BCUT2D eigenvalue weighted by Crippen LogP contribution is 2.19. The van der Waals surface area contributed by atoms with Gasteiger partial charge in [-0.2, -0.15) is 0 Å². The zero-order valence-corrected chi connectivity index (χ0v) is 18.1. The minimum Gasteiger partial charge on any atom is -0.340 e. The van der Waals surface area contributed by atoms with Crippen molar-refractivity contribution in [2.45, 2.75) is 26.3 Å². The first-order valence-electron chi connectivity index (χ1n) is 9.25. The van der Waals surface area contributed by atoms with Crippen molar-refractivity contribution < 1.29 is 4.79 Å². The van der Waals surface area contributed by atoms with Crippen LogP contribution in [0, 0.1) is 0 Å². The first-order valence-corrected chi connectivity index (χ1v) is 10.1. The van der Waals surface area contributed by atoms with E-state index >= 15 is 0 Å². The smallest absolute Gasteiger partial charge is 0.223 e. The zero-order chi connectivity index (χ0) is 16.8. The van der Waals surface area contributed by atoms with E-state index in [2.05, 4.69) is 34.2 Å². The highest BCUT2D eigenvalue weighted by Gasteiger charge is 2.20. The maximum absolute atomic E-state index is 12.2. The van der Waals surface area contributed by atoms with E-state index < -0.39 is 0 Å². The second kappa shape index (κ2) is 12.2. The molecule has 0 radical (unpaired) electrons. The average Bonchev–Trinajstić information content (AvgIpc) is 3.09. The summed E-state index contributed by atoms with van der Waals surface area (Å²) in [4.78, 5) is 22.2. The van der Waals surface area contributed by atoms with E-state index in [4.69, 9.17) is 0 Å². The molecule has 26 heavy (non-hydrogen) atoms. The van der Waals surface area contributed by atoms with Crippen LogP contribution in [0.1, 0.15) is 23.1 Å². The first kappa shape index (κ1) is 23.7. The highest BCUT2D eigenvalue weighted by atomic mass is 35.5. The third kappa shape index (κ3) is 6.98. The molecule has 2 fully saturated rings. The molecule has 150 valence electrons. The Hall–Kier alpha value is -0.370. The van der Waals surface area contributed by atoms with Crippen molar-refractivity contribution in [1.82, 2.24) is 20.0 Å². The number of aryl methyl sites for hydroxylation is 1. The van der Waals surface area contributed by atoms with Crippen molar-refractivity contribution in [3.8, 4) is 0 Å². The van der Waals surface area contributed by atoms with Gasteiger partial charge in [0.25, 0.3) is 0 Å². The number of carbonyl (C=O) groups is 1. The van der Waals surface area contributed by atoms with Crippen molar-refractivity contribution in [2.75, 3.05) is 58.9 Å². The van der Waals surface area contributed by atoms with E-state index in [1.165, 1.54) is 9.75 Å². The van der Waals surface area contributed by atoms with Gasteiger partial charge < -0.3 is 15.1 Å². The number of piperazine rings is 2. The summed E-state index contributed by atoms with van der Waals surface area (Å²) in [5, 5.41) is 3.30. The summed E-state index contributed by atoms with van der Waals surface area (Å²) in [5.74, 6) is 0.324. The number of amides is 1. The summed E-state index contributed by atoms with van der Waals surface area (Å²) in [6.07, 6.45) is 1.81. The lowest BCUT2D eigenvalue weighted by atomic mass is 10.2. The van der Waals surface area contributed by atoms with Gasteiger partial charge in [-0.15, -0.1) is 36.2 Å². The Balaban J connectivity index is 0.00000169. The topological polar surface area (TPSA) is 38.8 Å². The molecule has 8 heteroatoms. The molecular weight excluding hydrogens is 391 g/mol. The van der Waals surface area contributed by atoms with Gasteiger partial charge in [0.05, 0.1) is 0 Å². The monoisotopic (exact) mass is 422 g/mol. The van der Waals surface area contributed by atoms with Crippen molar-refractivity contribution in [2.24, 2.45) is 0 Å². The van der Waals surface area contributed by atoms with Gasteiger partial charge in [-0.1, -0.05) is 6.92 Å². The van der Waals surface area contributed by atoms with Crippen LogP contribution in [-0.2, 0) is 17.8 Å². The maximum Gasteiger partial charge on any atom is 0.223 e. The molecule has 0 spiro atoms. The summed E-state index contributed by atoms with van der Waals surface area (Å²) >= 11 is 1.95. The summed E-state index contributed by atoms with van der Waals surface area (Å²) in [5.41, 5.74) is 0. The molecule has 5 nitrogen and oxygen atoms in total. The van der Waals surface area contributed by atoms with Gasteiger partial charge in [0, 0.05) is 81.6 Å². The Morgan fingerprint density at radius 2 is 1.62 bits per heavy atom. The quantitative estimate of drug-likeness (QED) is 0.761. The van der Waals surface area contributed by atoms with Crippen LogP contribution in [0.15, 0.2) is 12.1 Å². The maximum atomic E-state index is 12.2. The Bertz CT molecular complexity index is 529. The van der Waals surface area contributed by atoms with Crippen LogP contribution in [-0.4, -0.2) is 79.5 Å². The second-order valence-electron chi connectivity index (χ2n) is 6.72. The largest absolute Gasteiger partial charge is 0.340 e. The Morgan fingerprint density at radius 3 is 2.23 bits per heavy atom. The second-order valence-corrected chi connectivity index (χ2v) is 7.97. The molecule has 2 saturated heterocycles. The number of nitrogens with zero attached hydrogens (tertiary/aromatic N) is 3. The number of hydrogen-bond acceptors (Lipinski definition) is 5. The van der Waals surface area contributed by atoms with Crippen LogP contribution < -0.4 is 5.32 Å². The van der Waals surface area contributed by atoms with Crippen LogP contribution >= 0.6 is 36.2 Å². The van der Waals surface area contributed by atoms with E-state index in [9.17, 15) is 4.79 Å². The lowest BCUT2D eigenvalue weighted by molar-refractivity contribution is -0.132. The molecule has 3 heterocycles. The number of nitrogens with one attached hydrogen (secondary N) is 1. The van der Waals surface area contributed by atoms with Crippen molar-refractivity contribution in [1.29, 1.82) is 0 Å². The van der Waals surface area contributed by atoms with Crippen molar-refractivity contribution >= 4 is 42.1 Å². The summed E-state index contributed by atoms with van der Waals surface area (Å²) in [7, 11) is 0. The van der Waals surface area contributed by atoms with E-state index in [0.29, 0.717) is 12.3 Å². The van der Waals surface area contributed by atoms with E-state index in [0.717, 1.165) is 71.9 Å². The molecule has 1 aromatic rings. The standard InChI is InChI=1S/C18H30N4OS.2ClH/c1-2-16-3-4-17(24-16)15-21-13-11-20(12-14-21)8-5-18(23)22-9-6-19-7-10-22;;/h3-4,19H,2,5-15H2,1H3;2*1H. The van der Waals surface area contributed by atoms with Gasteiger partial charge >= 0.3 is 0 Å². The SMILES string of the molecule is CCc1ccc(CN2CCN(CCC(=O)N3CCNCC3)CC2)s1.Cl.Cl. The van der Waals surface area contributed by atoms with E-state index in [1.54, 1.807) is 0 Å². The van der Waals surface area contributed by atoms with Crippen LogP contribution in [0.5, 0.6) is 0 Å². The minimum absolute atomic E-state index is 0. The third-order valence-electron chi connectivity index (χ3n) is 5.02.